The third kappa shape index (κ3) is 4.65. The molecule has 0 radical (unpaired) electrons. The van der Waals surface area contributed by atoms with Gasteiger partial charge in [0, 0.05) is 16.9 Å². The second-order valence-electron chi connectivity index (χ2n) is 6.34. The van der Waals surface area contributed by atoms with Crippen molar-refractivity contribution in [3.8, 4) is 11.4 Å². The van der Waals surface area contributed by atoms with Crippen molar-refractivity contribution in [2.24, 2.45) is 0 Å². The van der Waals surface area contributed by atoms with Crippen LogP contribution in [0.1, 0.15) is 29.9 Å². The van der Waals surface area contributed by atoms with Crippen molar-refractivity contribution in [2.45, 2.75) is 20.8 Å². The van der Waals surface area contributed by atoms with Crippen LogP contribution in [0.5, 0.6) is 5.75 Å². The molecule has 160 valence electrons. The number of halogens is 2. The second-order valence-corrected chi connectivity index (χ2v) is 7.16. The predicted octanol–water partition coefficient (Wildman–Crippen LogP) is 6.32. The van der Waals surface area contributed by atoms with Crippen molar-refractivity contribution in [1.29, 1.82) is 0 Å². The fraction of sp³-hybridized carbons (Fsp3) is 0.174. The molecule has 1 amide bonds. The zero-order valence-corrected chi connectivity index (χ0v) is 19.1. The summed E-state index contributed by atoms with van der Waals surface area (Å²) in [4.78, 5) is 17.2. The number of pyridine rings is 1. The van der Waals surface area contributed by atoms with Gasteiger partial charge in [-0.3, -0.25) is 4.79 Å². The number of rotatable bonds is 4. The number of ether oxygens (including phenoxy) is 1. The highest BCUT2D eigenvalue weighted by atomic mass is 35.5. The van der Waals surface area contributed by atoms with Gasteiger partial charge in [-0.05, 0) is 55.5 Å². The van der Waals surface area contributed by atoms with Crippen molar-refractivity contribution in [1.82, 2.24) is 14.8 Å². The van der Waals surface area contributed by atoms with Gasteiger partial charge in [-0.1, -0.05) is 37.0 Å². The molecule has 2 aromatic heterocycles. The molecule has 4 aromatic rings. The molecular weight excluding hydrogens is 435 g/mol. The van der Waals surface area contributed by atoms with E-state index in [1.54, 1.807) is 36.1 Å². The van der Waals surface area contributed by atoms with E-state index in [1.807, 2.05) is 45.0 Å². The third-order valence-corrected chi connectivity index (χ3v) is 5.12. The van der Waals surface area contributed by atoms with Gasteiger partial charge in [0.25, 0.3) is 5.91 Å². The topological polar surface area (TPSA) is 69.0 Å². The number of benzene rings is 2. The summed E-state index contributed by atoms with van der Waals surface area (Å²) in [6, 6.07) is 14.3. The summed E-state index contributed by atoms with van der Waals surface area (Å²) in [5, 5.41) is 8.88. The quantitative estimate of drug-likeness (QED) is 0.389. The summed E-state index contributed by atoms with van der Waals surface area (Å²) in [6.45, 7) is 5.83. The molecule has 0 aliphatic heterocycles. The minimum Gasteiger partial charge on any atom is -0.497 e. The molecular formula is C23H22Cl2N4O2. The molecule has 0 fully saturated rings. The molecule has 0 unspecified atom stereocenters. The summed E-state index contributed by atoms with van der Waals surface area (Å²) >= 11 is 12.5. The molecule has 0 spiro atoms. The highest BCUT2D eigenvalue weighted by Gasteiger charge is 2.20. The lowest BCUT2D eigenvalue weighted by Crippen LogP contribution is -2.13. The smallest absolute Gasteiger partial charge is 0.258 e. The molecule has 0 atom stereocenters. The van der Waals surface area contributed by atoms with E-state index in [-0.39, 0.29) is 11.5 Å². The molecule has 0 bridgehead atoms. The van der Waals surface area contributed by atoms with Gasteiger partial charge in [-0.15, -0.1) is 0 Å². The normalized spacial score (nSPS) is 10.4. The summed E-state index contributed by atoms with van der Waals surface area (Å²) < 4.78 is 6.89. The Hall–Kier alpha value is -3.09. The standard InChI is InChI=1S/C21H16Cl2N4O2.C2H6/c1-12-18-19(23)17(21(28)25-14-5-3-13(22)4-6-14)11-24-20(18)27(26-12)15-7-9-16(29-2)10-8-15;1-2/h3-11H,1-2H3,(H,25,28);1-2H3. The Morgan fingerprint density at radius 3 is 2.29 bits per heavy atom. The number of hydrogen-bond acceptors (Lipinski definition) is 4. The van der Waals surface area contributed by atoms with E-state index in [1.165, 1.54) is 6.20 Å². The van der Waals surface area contributed by atoms with Gasteiger partial charge in [-0.25, -0.2) is 9.67 Å². The van der Waals surface area contributed by atoms with E-state index in [9.17, 15) is 4.79 Å². The van der Waals surface area contributed by atoms with Crippen LogP contribution in [0.4, 0.5) is 5.69 Å². The lowest BCUT2D eigenvalue weighted by molar-refractivity contribution is 0.102. The first kappa shape index (κ1) is 22.6. The largest absolute Gasteiger partial charge is 0.497 e. The van der Waals surface area contributed by atoms with Gasteiger partial charge in [0.15, 0.2) is 5.65 Å². The van der Waals surface area contributed by atoms with Gasteiger partial charge in [0.1, 0.15) is 5.75 Å². The summed E-state index contributed by atoms with van der Waals surface area (Å²) in [6.07, 6.45) is 1.46. The van der Waals surface area contributed by atoms with Gasteiger partial charge in [0.2, 0.25) is 0 Å². The van der Waals surface area contributed by atoms with Crippen LogP contribution in [-0.4, -0.2) is 27.8 Å². The number of nitrogens with zero attached hydrogens (tertiary/aromatic N) is 3. The molecule has 0 aliphatic carbocycles. The fourth-order valence-corrected chi connectivity index (χ4v) is 3.48. The maximum Gasteiger partial charge on any atom is 0.258 e. The SMILES string of the molecule is CC.COc1ccc(-n2nc(C)c3c(Cl)c(C(=O)Nc4ccc(Cl)cc4)cnc32)cc1. The molecule has 0 saturated carbocycles. The molecule has 2 aromatic carbocycles. The number of methoxy groups -OCH3 is 1. The minimum atomic E-state index is -0.358. The first-order valence-corrected chi connectivity index (χ1v) is 10.5. The zero-order chi connectivity index (χ0) is 22.5. The molecule has 4 rings (SSSR count). The van der Waals surface area contributed by atoms with E-state index >= 15 is 0 Å². The van der Waals surface area contributed by atoms with E-state index in [4.69, 9.17) is 27.9 Å². The summed E-state index contributed by atoms with van der Waals surface area (Å²) in [5.74, 6) is 0.386. The number of carbonyl (C=O) groups is 1. The molecule has 1 N–H and O–H groups in total. The van der Waals surface area contributed by atoms with Crippen LogP contribution in [0.2, 0.25) is 10.0 Å². The van der Waals surface area contributed by atoms with E-state index in [2.05, 4.69) is 15.4 Å². The van der Waals surface area contributed by atoms with Crippen LogP contribution in [0, 0.1) is 6.92 Å². The number of carbonyl (C=O) groups excluding carboxylic acids is 1. The van der Waals surface area contributed by atoms with Crippen LogP contribution in [-0.2, 0) is 0 Å². The molecule has 2 heterocycles. The van der Waals surface area contributed by atoms with Crippen LogP contribution >= 0.6 is 23.2 Å². The fourth-order valence-electron chi connectivity index (χ4n) is 3.00. The lowest BCUT2D eigenvalue weighted by atomic mass is 10.2. The van der Waals surface area contributed by atoms with Crippen LogP contribution in [0.3, 0.4) is 0 Å². The maximum atomic E-state index is 12.7. The Bertz CT molecular complexity index is 1200. The number of hydrogen-bond donors (Lipinski definition) is 1. The summed E-state index contributed by atoms with van der Waals surface area (Å²) in [5.41, 5.74) is 2.94. The van der Waals surface area contributed by atoms with Gasteiger partial charge in [0.05, 0.1) is 34.5 Å². The number of aromatic nitrogens is 3. The highest BCUT2D eigenvalue weighted by molar-refractivity contribution is 6.39. The van der Waals surface area contributed by atoms with Crippen LogP contribution in [0.25, 0.3) is 16.7 Å². The number of aryl methyl sites for hydroxylation is 1. The first-order valence-electron chi connectivity index (χ1n) is 9.73. The van der Waals surface area contributed by atoms with Gasteiger partial charge >= 0.3 is 0 Å². The Kier molecular flexibility index (Phi) is 7.15. The van der Waals surface area contributed by atoms with Crippen molar-refractivity contribution in [3.63, 3.8) is 0 Å². The Morgan fingerprint density at radius 1 is 1.03 bits per heavy atom. The predicted molar refractivity (Wildman–Crippen MR) is 126 cm³/mol. The van der Waals surface area contributed by atoms with Crippen molar-refractivity contribution in [3.05, 3.63) is 76.0 Å². The lowest BCUT2D eigenvalue weighted by Gasteiger charge is -2.08. The second kappa shape index (κ2) is 9.81. The van der Waals surface area contributed by atoms with Crippen LogP contribution < -0.4 is 10.1 Å². The molecule has 0 saturated heterocycles. The molecule has 31 heavy (non-hydrogen) atoms. The number of anilines is 1. The third-order valence-electron chi connectivity index (χ3n) is 4.47. The monoisotopic (exact) mass is 456 g/mol. The Morgan fingerprint density at radius 2 is 1.68 bits per heavy atom. The Balaban J connectivity index is 0.00000132. The van der Waals surface area contributed by atoms with Crippen LogP contribution in [0.15, 0.2) is 54.7 Å². The average Bonchev–Trinajstić information content (AvgIpc) is 3.14. The molecule has 0 aliphatic rings. The molecule has 8 heteroatoms. The first-order chi connectivity index (χ1) is 15.0. The Labute approximate surface area is 190 Å². The minimum absolute atomic E-state index is 0.270. The number of fused-ring (bicyclic) bond motifs is 1. The number of amides is 1. The zero-order valence-electron chi connectivity index (χ0n) is 17.6. The molecule has 6 nitrogen and oxygen atoms in total. The van der Waals surface area contributed by atoms with Crippen molar-refractivity contribution < 1.29 is 9.53 Å². The van der Waals surface area contributed by atoms with Crippen molar-refractivity contribution >= 4 is 45.8 Å². The van der Waals surface area contributed by atoms with Crippen molar-refractivity contribution in [2.75, 3.05) is 12.4 Å². The maximum absolute atomic E-state index is 12.7. The summed E-state index contributed by atoms with van der Waals surface area (Å²) in [7, 11) is 1.61. The van der Waals surface area contributed by atoms with Gasteiger partial charge in [-0.2, -0.15) is 5.10 Å². The van der Waals surface area contributed by atoms with E-state index in [0.717, 1.165) is 11.4 Å². The highest BCUT2D eigenvalue weighted by Crippen LogP contribution is 2.30. The van der Waals surface area contributed by atoms with Gasteiger partial charge < -0.3 is 10.1 Å². The number of nitrogens with one attached hydrogen (secondary N) is 1. The van der Waals surface area contributed by atoms with E-state index in [0.29, 0.717) is 32.5 Å². The average molecular weight is 457 g/mol. The van der Waals surface area contributed by atoms with E-state index < -0.39 is 0 Å².